The third kappa shape index (κ3) is 4.06. The Labute approximate surface area is 115 Å². The van der Waals surface area contributed by atoms with Gasteiger partial charge in [-0.15, -0.1) is 0 Å². The van der Waals surface area contributed by atoms with Crippen molar-refractivity contribution in [2.75, 3.05) is 36.5 Å². The van der Waals surface area contributed by atoms with Gasteiger partial charge in [0.15, 0.2) is 5.82 Å². The van der Waals surface area contributed by atoms with Crippen LogP contribution in [0.15, 0.2) is 6.07 Å². The predicted octanol–water partition coefficient (Wildman–Crippen LogP) is 2.44. The number of nitrogens with one attached hydrogen (secondary N) is 1. The number of nitrogens with zero attached hydrogens (tertiary/aromatic N) is 3. The van der Waals surface area contributed by atoms with Crippen molar-refractivity contribution in [1.82, 2.24) is 9.97 Å². The van der Waals surface area contributed by atoms with E-state index in [0.717, 1.165) is 43.5 Å². The number of rotatable bonds is 7. The molecule has 1 aliphatic heterocycles. The summed E-state index contributed by atoms with van der Waals surface area (Å²) in [6.45, 7) is 8.44. The van der Waals surface area contributed by atoms with Crippen LogP contribution in [0.2, 0.25) is 0 Å². The van der Waals surface area contributed by atoms with Gasteiger partial charge in [-0.25, -0.2) is 9.97 Å². The summed E-state index contributed by atoms with van der Waals surface area (Å²) in [5, 5.41) is 3.34. The highest BCUT2D eigenvalue weighted by molar-refractivity contribution is 5.49. The molecule has 1 aliphatic rings. The molecule has 2 rings (SSSR count). The minimum atomic E-state index is 0.485. The van der Waals surface area contributed by atoms with Gasteiger partial charge in [0.05, 0.1) is 0 Å². The lowest BCUT2D eigenvalue weighted by molar-refractivity contribution is 0.128. The number of anilines is 2. The molecule has 0 amide bonds. The van der Waals surface area contributed by atoms with Gasteiger partial charge in [0.2, 0.25) is 0 Å². The molecule has 0 bridgehead atoms. The molecular weight excluding hydrogens is 240 g/mol. The van der Waals surface area contributed by atoms with Crippen molar-refractivity contribution in [3.8, 4) is 0 Å². The van der Waals surface area contributed by atoms with Gasteiger partial charge in [-0.05, 0) is 26.2 Å². The van der Waals surface area contributed by atoms with Crippen LogP contribution in [-0.2, 0) is 11.3 Å². The van der Waals surface area contributed by atoms with Crippen LogP contribution < -0.4 is 10.2 Å². The Morgan fingerprint density at radius 2 is 2.05 bits per heavy atom. The van der Waals surface area contributed by atoms with Crippen molar-refractivity contribution in [3.63, 3.8) is 0 Å². The lowest BCUT2D eigenvalue weighted by atomic mass is 10.4. The Morgan fingerprint density at radius 1 is 1.26 bits per heavy atom. The van der Waals surface area contributed by atoms with Gasteiger partial charge in [-0.2, -0.15) is 0 Å². The molecule has 1 N–H and O–H groups in total. The van der Waals surface area contributed by atoms with Crippen LogP contribution in [-0.4, -0.2) is 36.2 Å². The lowest BCUT2D eigenvalue weighted by Gasteiger charge is -2.18. The van der Waals surface area contributed by atoms with Crippen molar-refractivity contribution < 1.29 is 4.74 Å². The number of hydrogen-bond acceptors (Lipinski definition) is 5. The van der Waals surface area contributed by atoms with Crippen LogP contribution in [0.3, 0.4) is 0 Å². The van der Waals surface area contributed by atoms with Crippen LogP contribution in [0.5, 0.6) is 0 Å². The van der Waals surface area contributed by atoms with Gasteiger partial charge >= 0.3 is 0 Å². The van der Waals surface area contributed by atoms with E-state index in [0.29, 0.717) is 13.2 Å². The minimum Gasteiger partial charge on any atom is -0.374 e. The molecule has 5 nitrogen and oxygen atoms in total. The Morgan fingerprint density at radius 3 is 2.74 bits per heavy atom. The first-order valence-corrected chi connectivity index (χ1v) is 7.28. The van der Waals surface area contributed by atoms with Crippen molar-refractivity contribution in [3.05, 3.63) is 11.9 Å². The zero-order chi connectivity index (χ0) is 13.5. The first kappa shape index (κ1) is 14.1. The van der Waals surface area contributed by atoms with Gasteiger partial charge in [0, 0.05) is 32.3 Å². The van der Waals surface area contributed by atoms with E-state index in [1.54, 1.807) is 0 Å². The van der Waals surface area contributed by atoms with E-state index < -0.39 is 0 Å². The Hall–Kier alpha value is -1.36. The van der Waals surface area contributed by atoms with Crippen molar-refractivity contribution in [2.45, 2.75) is 39.7 Å². The van der Waals surface area contributed by atoms with Crippen molar-refractivity contribution >= 4 is 11.6 Å². The quantitative estimate of drug-likeness (QED) is 0.819. The second-order valence-corrected chi connectivity index (χ2v) is 4.79. The molecule has 1 aromatic heterocycles. The molecule has 0 aromatic carbocycles. The van der Waals surface area contributed by atoms with E-state index >= 15 is 0 Å². The lowest BCUT2D eigenvalue weighted by Crippen LogP contribution is -2.20. The summed E-state index contributed by atoms with van der Waals surface area (Å²) >= 11 is 0. The van der Waals surface area contributed by atoms with Crippen molar-refractivity contribution in [2.24, 2.45) is 0 Å². The standard InChI is InChI=1S/C14H24N4O/c1-3-7-15-12-10-14(18-8-5-6-9-18)17-13(16-12)11-19-4-2/h10H,3-9,11H2,1-2H3,(H,15,16,17). The molecule has 0 aliphatic carbocycles. The zero-order valence-electron chi connectivity index (χ0n) is 12.0. The maximum absolute atomic E-state index is 5.43. The maximum atomic E-state index is 5.43. The Kier molecular flexibility index (Phi) is 5.39. The molecule has 19 heavy (non-hydrogen) atoms. The highest BCUT2D eigenvalue weighted by atomic mass is 16.5. The normalized spacial score (nSPS) is 14.9. The first-order chi connectivity index (χ1) is 9.33. The molecule has 5 heteroatoms. The molecule has 0 spiro atoms. The highest BCUT2D eigenvalue weighted by Gasteiger charge is 2.15. The highest BCUT2D eigenvalue weighted by Crippen LogP contribution is 2.21. The zero-order valence-corrected chi connectivity index (χ0v) is 12.0. The van der Waals surface area contributed by atoms with Crippen LogP contribution >= 0.6 is 0 Å². The van der Waals surface area contributed by atoms with Gasteiger partial charge in [-0.3, -0.25) is 0 Å². The van der Waals surface area contributed by atoms with Gasteiger partial charge in [0.1, 0.15) is 18.2 Å². The van der Waals surface area contributed by atoms with Gasteiger partial charge < -0.3 is 15.0 Å². The molecular formula is C14H24N4O. The van der Waals surface area contributed by atoms with E-state index in [1.165, 1.54) is 12.8 Å². The van der Waals surface area contributed by atoms with Crippen LogP contribution in [0.25, 0.3) is 0 Å². The fraction of sp³-hybridized carbons (Fsp3) is 0.714. The Bertz CT molecular complexity index is 365. The van der Waals surface area contributed by atoms with Crippen LogP contribution in [0.1, 0.15) is 38.9 Å². The average molecular weight is 264 g/mol. The SMILES string of the molecule is CCCNc1cc(N2CCCC2)nc(COCC)n1. The number of aromatic nitrogens is 2. The first-order valence-electron chi connectivity index (χ1n) is 7.28. The second kappa shape index (κ2) is 7.28. The molecule has 106 valence electrons. The number of ether oxygens (including phenoxy) is 1. The summed E-state index contributed by atoms with van der Waals surface area (Å²) in [6.07, 6.45) is 3.59. The van der Waals surface area contributed by atoms with E-state index in [4.69, 9.17) is 4.74 Å². The van der Waals surface area contributed by atoms with E-state index in [9.17, 15) is 0 Å². The molecule has 0 unspecified atom stereocenters. The monoisotopic (exact) mass is 264 g/mol. The molecule has 1 fully saturated rings. The molecule has 0 atom stereocenters. The maximum Gasteiger partial charge on any atom is 0.158 e. The summed E-state index contributed by atoms with van der Waals surface area (Å²) in [6, 6.07) is 2.05. The van der Waals surface area contributed by atoms with E-state index in [2.05, 4.69) is 33.2 Å². The molecule has 1 saturated heterocycles. The number of hydrogen-bond donors (Lipinski definition) is 1. The minimum absolute atomic E-state index is 0.485. The second-order valence-electron chi connectivity index (χ2n) is 4.79. The van der Waals surface area contributed by atoms with Gasteiger partial charge in [0.25, 0.3) is 0 Å². The molecule has 2 heterocycles. The fourth-order valence-electron chi connectivity index (χ4n) is 2.19. The van der Waals surface area contributed by atoms with Gasteiger partial charge in [-0.1, -0.05) is 6.92 Å². The summed E-state index contributed by atoms with van der Waals surface area (Å²) in [5.74, 6) is 2.71. The molecule has 0 radical (unpaired) electrons. The topological polar surface area (TPSA) is 50.3 Å². The van der Waals surface area contributed by atoms with Crippen molar-refractivity contribution in [1.29, 1.82) is 0 Å². The third-order valence-corrected chi connectivity index (χ3v) is 3.18. The Balaban J connectivity index is 2.14. The summed E-state index contributed by atoms with van der Waals surface area (Å²) in [5.41, 5.74) is 0. The third-order valence-electron chi connectivity index (χ3n) is 3.18. The molecule has 1 aromatic rings. The van der Waals surface area contributed by atoms with Crippen LogP contribution in [0.4, 0.5) is 11.6 Å². The predicted molar refractivity (Wildman–Crippen MR) is 77.6 cm³/mol. The largest absolute Gasteiger partial charge is 0.374 e. The fourth-order valence-corrected chi connectivity index (χ4v) is 2.19. The van der Waals surface area contributed by atoms with Crippen LogP contribution in [0, 0.1) is 0 Å². The smallest absolute Gasteiger partial charge is 0.158 e. The average Bonchev–Trinajstić information content (AvgIpc) is 2.97. The van der Waals surface area contributed by atoms with E-state index in [1.807, 2.05) is 6.92 Å². The summed E-state index contributed by atoms with van der Waals surface area (Å²) in [7, 11) is 0. The van der Waals surface area contributed by atoms with E-state index in [-0.39, 0.29) is 0 Å². The molecule has 0 saturated carbocycles. The summed E-state index contributed by atoms with van der Waals surface area (Å²) in [4.78, 5) is 11.4. The summed E-state index contributed by atoms with van der Waals surface area (Å²) < 4.78 is 5.43.